The molecule has 1 aromatic carbocycles. The van der Waals surface area contributed by atoms with Crippen LogP contribution in [0.3, 0.4) is 0 Å². The maximum atomic E-state index is 10.7. The molecule has 1 unspecified atom stereocenters. The van der Waals surface area contributed by atoms with Crippen LogP contribution in [-0.4, -0.2) is 0 Å². The summed E-state index contributed by atoms with van der Waals surface area (Å²) in [6.45, 7) is 1.98. The molecule has 0 bridgehead atoms. The fourth-order valence-electron chi connectivity index (χ4n) is 0.685. The van der Waals surface area contributed by atoms with Gasteiger partial charge in [-0.15, -0.1) is 0 Å². The normalized spacial score (nSPS) is 13.0. The fourth-order valence-corrected chi connectivity index (χ4v) is 1.49. The molecule has 0 aromatic heterocycles. The second-order valence-electron chi connectivity index (χ2n) is 2.14. The SMILES string of the molecule is Cc1ccc([PH](=O)Cl)cc1. The van der Waals surface area contributed by atoms with Crippen LogP contribution < -0.4 is 5.30 Å². The van der Waals surface area contributed by atoms with Crippen LogP contribution in [0.25, 0.3) is 0 Å². The van der Waals surface area contributed by atoms with Gasteiger partial charge in [0.1, 0.15) is 0 Å². The zero-order chi connectivity index (χ0) is 7.56. The van der Waals surface area contributed by atoms with Crippen LogP contribution in [0.15, 0.2) is 24.3 Å². The lowest BCUT2D eigenvalue weighted by atomic mass is 10.2. The Morgan fingerprint density at radius 3 is 2.20 bits per heavy atom. The van der Waals surface area contributed by atoms with Crippen molar-refractivity contribution in [1.82, 2.24) is 0 Å². The lowest BCUT2D eigenvalue weighted by molar-refractivity contribution is 0.600. The molecule has 10 heavy (non-hydrogen) atoms. The Morgan fingerprint density at radius 1 is 1.30 bits per heavy atom. The van der Waals surface area contributed by atoms with Crippen LogP contribution in [-0.2, 0) is 4.57 Å². The van der Waals surface area contributed by atoms with Crippen LogP contribution in [0.1, 0.15) is 5.56 Å². The summed E-state index contributed by atoms with van der Waals surface area (Å²) >= 11 is 5.40. The average molecular weight is 175 g/mol. The molecule has 1 aromatic rings. The van der Waals surface area contributed by atoms with Crippen molar-refractivity contribution in [3.63, 3.8) is 0 Å². The molecule has 0 spiro atoms. The average Bonchev–Trinajstić information content (AvgIpc) is 1.88. The summed E-state index contributed by atoms with van der Waals surface area (Å²) in [5.41, 5.74) is 1.16. The first-order valence-corrected chi connectivity index (χ1v) is 5.38. The van der Waals surface area contributed by atoms with Crippen molar-refractivity contribution in [2.75, 3.05) is 0 Å². The highest BCUT2D eigenvalue weighted by Crippen LogP contribution is 2.24. The largest absolute Gasteiger partial charge is 0.305 e. The van der Waals surface area contributed by atoms with Crippen LogP contribution in [0.2, 0.25) is 0 Å². The van der Waals surface area contributed by atoms with E-state index in [9.17, 15) is 4.57 Å². The molecule has 0 amide bonds. The summed E-state index contributed by atoms with van der Waals surface area (Å²) in [5.74, 6) is 0. The summed E-state index contributed by atoms with van der Waals surface area (Å²) < 4.78 is 10.7. The summed E-state index contributed by atoms with van der Waals surface area (Å²) in [7, 11) is -2.01. The van der Waals surface area contributed by atoms with Gasteiger partial charge < -0.3 is 4.57 Å². The van der Waals surface area contributed by atoms with Gasteiger partial charge in [0.2, 0.25) is 0 Å². The van der Waals surface area contributed by atoms with Crippen LogP contribution in [0, 0.1) is 6.92 Å². The van der Waals surface area contributed by atoms with Gasteiger partial charge in [0.15, 0.2) is 7.15 Å². The molecule has 0 aliphatic rings. The van der Waals surface area contributed by atoms with Gasteiger partial charge in [0.25, 0.3) is 0 Å². The number of rotatable bonds is 1. The second-order valence-corrected chi connectivity index (χ2v) is 4.29. The van der Waals surface area contributed by atoms with E-state index >= 15 is 0 Å². The van der Waals surface area contributed by atoms with Crippen molar-refractivity contribution in [3.8, 4) is 0 Å². The number of aryl methyl sites for hydroxylation is 1. The molecular formula is C7H8ClOP. The molecule has 0 radical (unpaired) electrons. The van der Waals surface area contributed by atoms with Gasteiger partial charge in [-0.05, 0) is 6.92 Å². The Morgan fingerprint density at radius 2 is 1.80 bits per heavy atom. The van der Waals surface area contributed by atoms with Crippen LogP contribution in [0.4, 0.5) is 0 Å². The molecule has 54 valence electrons. The third kappa shape index (κ3) is 1.86. The minimum Gasteiger partial charge on any atom is -0.305 e. The van der Waals surface area contributed by atoms with Crippen molar-refractivity contribution >= 4 is 23.7 Å². The lowest BCUT2D eigenvalue weighted by Crippen LogP contribution is -1.90. The zero-order valence-electron chi connectivity index (χ0n) is 5.60. The van der Waals surface area contributed by atoms with E-state index in [0.29, 0.717) is 0 Å². The summed E-state index contributed by atoms with van der Waals surface area (Å²) in [6, 6.07) is 7.40. The Labute approximate surface area is 65.6 Å². The van der Waals surface area contributed by atoms with Gasteiger partial charge >= 0.3 is 0 Å². The van der Waals surface area contributed by atoms with E-state index in [2.05, 4.69) is 0 Å². The highest BCUT2D eigenvalue weighted by Gasteiger charge is 1.95. The first kappa shape index (κ1) is 7.84. The molecule has 0 saturated carbocycles. The maximum Gasteiger partial charge on any atom is 0.186 e. The van der Waals surface area contributed by atoms with E-state index in [1.165, 1.54) is 0 Å². The first-order valence-electron chi connectivity index (χ1n) is 2.96. The van der Waals surface area contributed by atoms with Gasteiger partial charge in [-0.3, -0.25) is 0 Å². The predicted octanol–water partition coefficient (Wildman–Crippen LogP) is 2.33. The molecule has 1 rings (SSSR count). The smallest absolute Gasteiger partial charge is 0.186 e. The molecule has 1 atom stereocenters. The summed E-state index contributed by atoms with van der Waals surface area (Å²) in [5, 5.41) is 0.734. The second kappa shape index (κ2) is 3.23. The number of hydrogen-bond donors (Lipinski definition) is 0. The van der Waals surface area contributed by atoms with E-state index in [-0.39, 0.29) is 0 Å². The number of benzene rings is 1. The molecule has 1 nitrogen and oxygen atoms in total. The molecule has 0 aliphatic heterocycles. The molecule has 0 saturated heterocycles. The highest BCUT2D eigenvalue weighted by molar-refractivity contribution is 7.80. The molecule has 0 fully saturated rings. The van der Waals surface area contributed by atoms with Crippen molar-refractivity contribution in [1.29, 1.82) is 0 Å². The predicted molar refractivity (Wildman–Crippen MR) is 45.7 cm³/mol. The number of hydrogen-bond acceptors (Lipinski definition) is 1. The minimum absolute atomic E-state index is 0.734. The van der Waals surface area contributed by atoms with E-state index in [4.69, 9.17) is 11.2 Å². The molecule has 3 heteroatoms. The van der Waals surface area contributed by atoms with Gasteiger partial charge in [0.05, 0.1) is 0 Å². The Hall–Kier alpha value is -0.260. The van der Waals surface area contributed by atoms with Gasteiger partial charge in [0, 0.05) is 5.30 Å². The quantitative estimate of drug-likeness (QED) is 0.598. The Bertz CT molecular complexity index is 242. The molecule has 0 heterocycles. The lowest BCUT2D eigenvalue weighted by Gasteiger charge is -1.93. The molecule has 0 aliphatic carbocycles. The van der Waals surface area contributed by atoms with E-state index < -0.39 is 7.15 Å². The van der Waals surface area contributed by atoms with Crippen LogP contribution in [0.5, 0.6) is 0 Å². The van der Waals surface area contributed by atoms with Gasteiger partial charge in [-0.25, -0.2) is 0 Å². The van der Waals surface area contributed by atoms with Gasteiger partial charge in [-0.2, -0.15) is 0 Å². The summed E-state index contributed by atoms with van der Waals surface area (Å²) in [4.78, 5) is 0. The number of halogens is 1. The van der Waals surface area contributed by atoms with E-state index in [1.807, 2.05) is 19.1 Å². The first-order chi connectivity index (χ1) is 4.70. The van der Waals surface area contributed by atoms with Crippen molar-refractivity contribution in [2.45, 2.75) is 6.92 Å². The molecular weight excluding hydrogens is 167 g/mol. The van der Waals surface area contributed by atoms with Gasteiger partial charge in [-0.1, -0.05) is 41.1 Å². The summed E-state index contributed by atoms with van der Waals surface area (Å²) in [6.07, 6.45) is 0. The van der Waals surface area contributed by atoms with Crippen LogP contribution >= 0.6 is 18.4 Å². The van der Waals surface area contributed by atoms with Crippen molar-refractivity contribution < 1.29 is 4.57 Å². The van der Waals surface area contributed by atoms with Crippen molar-refractivity contribution in [2.24, 2.45) is 0 Å². The topological polar surface area (TPSA) is 17.1 Å². The standard InChI is InChI=1S/C7H8ClOP/c1-6-2-4-7(5-3-6)10(8)9/h2-5,10H,1H3. The molecule has 0 N–H and O–H groups in total. The fraction of sp³-hybridized carbons (Fsp3) is 0.143. The van der Waals surface area contributed by atoms with Crippen molar-refractivity contribution in [3.05, 3.63) is 29.8 Å². The zero-order valence-corrected chi connectivity index (χ0v) is 7.35. The van der Waals surface area contributed by atoms with E-state index in [0.717, 1.165) is 10.9 Å². The highest BCUT2D eigenvalue weighted by atomic mass is 35.7. The van der Waals surface area contributed by atoms with E-state index in [1.54, 1.807) is 12.1 Å². The maximum absolute atomic E-state index is 10.7. The Kier molecular flexibility index (Phi) is 2.53. The minimum atomic E-state index is -2.01. The third-order valence-electron chi connectivity index (χ3n) is 1.28. The monoisotopic (exact) mass is 174 g/mol. The Balaban J connectivity index is 3.00. The third-order valence-corrected chi connectivity index (χ3v) is 2.72.